The minimum Gasteiger partial charge on any atom is -0.380 e. The molecule has 0 radical (unpaired) electrons. The molecule has 2 aromatic rings. The fraction of sp³-hybridized carbons (Fsp3) is 0.467. The summed E-state index contributed by atoms with van der Waals surface area (Å²) in [5.74, 6) is 0.166. The van der Waals surface area contributed by atoms with E-state index in [1.807, 2.05) is 12.1 Å². The van der Waals surface area contributed by atoms with Crippen molar-refractivity contribution in [2.75, 3.05) is 24.2 Å². The van der Waals surface area contributed by atoms with Gasteiger partial charge in [-0.15, -0.1) is 0 Å². The van der Waals surface area contributed by atoms with Crippen molar-refractivity contribution in [3.8, 4) is 0 Å². The summed E-state index contributed by atoms with van der Waals surface area (Å²) in [6.07, 6.45) is 5.10. The van der Waals surface area contributed by atoms with Crippen LogP contribution in [0.5, 0.6) is 0 Å². The van der Waals surface area contributed by atoms with E-state index in [-0.39, 0.29) is 11.8 Å². The van der Waals surface area contributed by atoms with Crippen LogP contribution < -0.4 is 5.32 Å². The third-order valence-corrected chi connectivity index (χ3v) is 6.43. The maximum absolute atomic E-state index is 11.9. The Morgan fingerprint density at radius 3 is 2.78 bits per heavy atom. The van der Waals surface area contributed by atoms with Crippen LogP contribution in [0.2, 0.25) is 0 Å². The number of piperidine rings is 1. The fourth-order valence-electron chi connectivity index (χ4n) is 2.80. The minimum absolute atomic E-state index is 0.166. The average molecular weight is 399 g/mol. The molecule has 3 heterocycles. The molecule has 1 aliphatic rings. The van der Waals surface area contributed by atoms with Crippen molar-refractivity contribution in [2.45, 2.75) is 25.8 Å². The van der Waals surface area contributed by atoms with Crippen molar-refractivity contribution in [1.29, 1.82) is 0 Å². The molecule has 1 aliphatic heterocycles. The van der Waals surface area contributed by atoms with Crippen molar-refractivity contribution in [3.05, 3.63) is 29.0 Å². The Kier molecular flexibility index (Phi) is 4.84. The molecular formula is C15H19BrN4O2S. The molecule has 0 saturated carbocycles. The summed E-state index contributed by atoms with van der Waals surface area (Å²) in [6, 6.07) is 4.09. The Balaban J connectivity index is 1.72. The maximum atomic E-state index is 11.9. The number of nitrogens with one attached hydrogen (secondary N) is 1. The van der Waals surface area contributed by atoms with E-state index in [1.54, 1.807) is 23.6 Å². The van der Waals surface area contributed by atoms with Gasteiger partial charge in [-0.3, -0.25) is 9.97 Å². The molecule has 0 bridgehead atoms. The summed E-state index contributed by atoms with van der Waals surface area (Å²) in [6.45, 7) is 2.82. The van der Waals surface area contributed by atoms with Crippen LogP contribution in [0.1, 0.15) is 19.8 Å². The normalized spacial score (nSPS) is 17.5. The SMILES string of the molecule is CCS(=O)(=O)N1CCC(Nc2ccnc3cc(Br)cnc23)CC1. The Hall–Kier alpha value is -1.25. The molecule has 0 amide bonds. The van der Waals surface area contributed by atoms with E-state index in [4.69, 9.17) is 0 Å². The van der Waals surface area contributed by atoms with Crippen LogP contribution in [0.25, 0.3) is 11.0 Å². The smallest absolute Gasteiger partial charge is 0.213 e. The van der Waals surface area contributed by atoms with Gasteiger partial charge in [-0.1, -0.05) is 0 Å². The van der Waals surface area contributed by atoms with E-state index in [0.717, 1.165) is 34.0 Å². The third kappa shape index (κ3) is 3.64. The van der Waals surface area contributed by atoms with Crippen LogP contribution >= 0.6 is 15.9 Å². The molecule has 0 atom stereocenters. The standard InChI is InChI=1S/C15H19BrN4O2S/c1-2-23(21,22)20-7-4-12(5-8-20)19-13-3-6-17-14-9-11(16)10-18-15(13)14/h3,6,9-10,12H,2,4-5,7-8H2,1H3,(H,17,19). The quantitative estimate of drug-likeness (QED) is 0.856. The summed E-state index contributed by atoms with van der Waals surface area (Å²) in [5.41, 5.74) is 2.61. The van der Waals surface area contributed by atoms with E-state index < -0.39 is 10.0 Å². The van der Waals surface area contributed by atoms with Gasteiger partial charge in [0.25, 0.3) is 0 Å². The van der Waals surface area contributed by atoms with Crippen LogP contribution in [-0.4, -0.2) is 47.6 Å². The molecule has 23 heavy (non-hydrogen) atoms. The highest BCUT2D eigenvalue weighted by Crippen LogP contribution is 2.25. The number of hydrogen-bond acceptors (Lipinski definition) is 5. The van der Waals surface area contributed by atoms with Gasteiger partial charge in [0, 0.05) is 36.0 Å². The lowest BCUT2D eigenvalue weighted by atomic mass is 10.1. The molecule has 1 saturated heterocycles. The number of aromatic nitrogens is 2. The number of sulfonamides is 1. The minimum atomic E-state index is -3.08. The van der Waals surface area contributed by atoms with Crippen molar-refractivity contribution in [2.24, 2.45) is 0 Å². The lowest BCUT2D eigenvalue weighted by molar-refractivity contribution is 0.330. The molecule has 3 rings (SSSR count). The number of hydrogen-bond donors (Lipinski definition) is 1. The fourth-order valence-corrected chi connectivity index (χ4v) is 4.25. The van der Waals surface area contributed by atoms with Crippen LogP contribution in [0, 0.1) is 0 Å². The summed E-state index contributed by atoms with van der Waals surface area (Å²) in [7, 11) is -3.08. The van der Waals surface area contributed by atoms with Crippen LogP contribution in [0.3, 0.4) is 0 Å². The first-order valence-electron chi connectivity index (χ1n) is 7.64. The molecule has 1 fully saturated rings. The van der Waals surface area contributed by atoms with Crippen molar-refractivity contribution in [1.82, 2.24) is 14.3 Å². The highest BCUT2D eigenvalue weighted by molar-refractivity contribution is 9.10. The van der Waals surface area contributed by atoms with E-state index in [9.17, 15) is 8.42 Å². The van der Waals surface area contributed by atoms with Crippen molar-refractivity contribution in [3.63, 3.8) is 0 Å². The topological polar surface area (TPSA) is 75.2 Å². The number of nitrogens with zero attached hydrogens (tertiary/aromatic N) is 3. The zero-order valence-electron chi connectivity index (χ0n) is 12.9. The molecule has 1 N–H and O–H groups in total. The molecule has 8 heteroatoms. The van der Waals surface area contributed by atoms with Gasteiger partial charge in [-0.05, 0) is 47.8 Å². The van der Waals surface area contributed by atoms with Gasteiger partial charge in [-0.2, -0.15) is 0 Å². The van der Waals surface area contributed by atoms with Crippen molar-refractivity contribution < 1.29 is 8.42 Å². The first kappa shape index (κ1) is 16.6. The zero-order chi connectivity index (χ0) is 16.4. The van der Waals surface area contributed by atoms with Gasteiger partial charge in [0.1, 0.15) is 5.52 Å². The molecular weight excluding hydrogens is 380 g/mol. The number of rotatable bonds is 4. The average Bonchev–Trinajstić information content (AvgIpc) is 2.55. The highest BCUT2D eigenvalue weighted by atomic mass is 79.9. The Morgan fingerprint density at radius 1 is 1.35 bits per heavy atom. The van der Waals surface area contributed by atoms with Gasteiger partial charge < -0.3 is 5.32 Å². The molecule has 124 valence electrons. The molecule has 6 nitrogen and oxygen atoms in total. The van der Waals surface area contributed by atoms with Gasteiger partial charge in [0.2, 0.25) is 10.0 Å². The molecule has 0 aliphatic carbocycles. The van der Waals surface area contributed by atoms with Crippen LogP contribution in [0.4, 0.5) is 5.69 Å². The largest absolute Gasteiger partial charge is 0.380 e. The summed E-state index contributed by atoms with van der Waals surface area (Å²) >= 11 is 3.40. The van der Waals surface area contributed by atoms with Gasteiger partial charge in [0.05, 0.1) is 17.0 Å². The second-order valence-electron chi connectivity index (χ2n) is 5.60. The van der Waals surface area contributed by atoms with Crippen LogP contribution in [0.15, 0.2) is 29.0 Å². The maximum Gasteiger partial charge on any atom is 0.213 e. The van der Waals surface area contributed by atoms with Crippen LogP contribution in [-0.2, 0) is 10.0 Å². The molecule has 0 unspecified atom stereocenters. The predicted molar refractivity (Wildman–Crippen MR) is 94.9 cm³/mol. The Morgan fingerprint density at radius 2 is 2.09 bits per heavy atom. The van der Waals surface area contributed by atoms with Crippen molar-refractivity contribution >= 4 is 42.7 Å². The van der Waals surface area contributed by atoms with Gasteiger partial charge >= 0.3 is 0 Å². The lowest BCUT2D eigenvalue weighted by Crippen LogP contribution is -2.42. The first-order chi connectivity index (χ1) is 11.0. The third-order valence-electron chi connectivity index (χ3n) is 4.12. The molecule has 0 spiro atoms. The zero-order valence-corrected chi connectivity index (χ0v) is 15.3. The Labute approximate surface area is 144 Å². The molecule has 0 aromatic carbocycles. The molecule has 2 aromatic heterocycles. The number of fused-ring (bicyclic) bond motifs is 1. The second-order valence-corrected chi connectivity index (χ2v) is 8.77. The number of pyridine rings is 2. The van der Waals surface area contributed by atoms with Gasteiger partial charge in [-0.25, -0.2) is 12.7 Å². The van der Waals surface area contributed by atoms with E-state index in [1.165, 1.54) is 0 Å². The van der Waals surface area contributed by atoms with E-state index in [2.05, 4.69) is 31.2 Å². The predicted octanol–water partition coefficient (Wildman–Crippen LogP) is 2.62. The van der Waals surface area contributed by atoms with E-state index >= 15 is 0 Å². The van der Waals surface area contributed by atoms with Gasteiger partial charge in [0.15, 0.2) is 0 Å². The lowest BCUT2D eigenvalue weighted by Gasteiger charge is -2.32. The number of halogens is 1. The first-order valence-corrected chi connectivity index (χ1v) is 10.0. The second kappa shape index (κ2) is 6.70. The summed E-state index contributed by atoms with van der Waals surface area (Å²) in [4.78, 5) is 8.77. The summed E-state index contributed by atoms with van der Waals surface area (Å²) < 4.78 is 26.3. The Bertz CT molecular complexity index is 804. The van der Waals surface area contributed by atoms with E-state index in [0.29, 0.717) is 13.1 Å². The monoisotopic (exact) mass is 398 g/mol. The highest BCUT2D eigenvalue weighted by Gasteiger charge is 2.26. The summed E-state index contributed by atoms with van der Waals surface area (Å²) in [5, 5.41) is 3.49. The number of anilines is 1.